The van der Waals surface area contributed by atoms with Gasteiger partial charge in [0.15, 0.2) is 12.4 Å². The van der Waals surface area contributed by atoms with Gasteiger partial charge in [0.1, 0.15) is 28.5 Å². The van der Waals surface area contributed by atoms with Crippen LogP contribution in [0.1, 0.15) is 36.8 Å². The first-order chi connectivity index (χ1) is 20.4. The highest BCUT2D eigenvalue weighted by atomic mass is 32.2. The number of hydrogen-bond donors (Lipinski definition) is 2. The van der Waals surface area contributed by atoms with Crippen molar-refractivity contribution < 1.29 is 44.9 Å². The Morgan fingerprint density at radius 3 is 2.44 bits per heavy atom. The van der Waals surface area contributed by atoms with Gasteiger partial charge in [0, 0.05) is 23.3 Å². The molecule has 0 amide bonds. The van der Waals surface area contributed by atoms with E-state index in [1.165, 1.54) is 12.1 Å². The Morgan fingerprint density at radius 1 is 1.00 bits per heavy atom. The lowest BCUT2D eigenvalue weighted by atomic mass is 10.1. The van der Waals surface area contributed by atoms with Crippen LogP contribution in [-0.2, 0) is 27.3 Å². The topological polar surface area (TPSA) is 130 Å². The molecule has 0 aliphatic heterocycles. The molecular weight excluding hydrogens is 626 g/mol. The number of thiophene rings is 1. The van der Waals surface area contributed by atoms with Gasteiger partial charge in [-0.25, -0.2) is 17.5 Å². The minimum atomic E-state index is -4.90. The number of nitrogens with zero attached hydrogens (tertiary/aromatic N) is 2. The minimum absolute atomic E-state index is 0.131. The van der Waals surface area contributed by atoms with Gasteiger partial charge in [-0.2, -0.15) is 23.2 Å². The molecule has 1 unspecified atom stereocenters. The molecule has 1 atom stereocenters. The zero-order valence-corrected chi connectivity index (χ0v) is 25.2. The number of aromatic nitrogens is 1. The molecule has 43 heavy (non-hydrogen) atoms. The van der Waals surface area contributed by atoms with Crippen LogP contribution in [0.5, 0.6) is 11.5 Å². The summed E-state index contributed by atoms with van der Waals surface area (Å²) in [5.41, 5.74) is -2.04. The summed E-state index contributed by atoms with van der Waals surface area (Å²) < 4.78 is 93.0. The highest BCUT2D eigenvalue weighted by Gasteiger charge is 2.35. The maximum atomic E-state index is 13.2. The third-order valence-corrected chi connectivity index (χ3v) is 10.5. The molecule has 0 spiro atoms. The molecule has 4 rings (SSSR count). The predicted molar refractivity (Wildman–Crippen MR) is 154 cm³/mol. The zero-order valence-electron chi connectivity index (χ0n) is 22.7. The van der Waals surface area contributed by atoms with Crippen molar-refractivity contribution in [3.05, 3.63) is 84.2 Å². The Kier molecular flexibility index (Phi) is 10.5. The van der Waals surface area contributed by atoms with Crippen LogP contribution in [0.4, 0.5) is 13.2 Å². The quantitative estimate of drug-likeness (QED) is 0.0939. The normalized spacial score (nSPS) is 13.4. The third-order valence-electron chi connectivity index (χ3n) is 6.21. The Labute approximate surface area is 250 Å². The van der Waals surface area contributed by atoms with Crippen LogP contribution in [0, 0.1) is 11.3 Å². The molecule has 0 bridgehead atoms. The van der Waals surface area contributed by atoms with Crippen LogP contribution in [-0.4, -0.2) is 26.2 Å². The van der Waals surface area contributed by atoms with Crippen molar-refractivity contribution in [2.45, 2.75) is 42.6 Å². The predicted octanol–water partition coefficient (Wildman–Crippen LogP) is 6.22. The molecule has 0 fully saturated rings. The second kappa shape index (κ2) is 13.9. The molecule has 2 N–H and O–H groups in total. The van der Waals surface area contributed by atoms with E-state index in [0.29, 0.717) is 28.5 Å². The van der Waals surface area contributed by atoms with Gasteiger partial charge in [0.05, 0.1) is 23.8 Å². The fourth-order valence-corrected chi connectivity index (χ4v) is 8.05. The maximum absolute atomic E-state index is 13.2. The number of aryl methyl sites for hydroxylation is 1. The van der Waals surface area contributed by atoms with E-state index in [9.17, 15) is 31.0 Å². The second-order valence-electron chi connectivity index (χ2n) is 9.49. The average Bonchev–Trinajstić information content (AvgIpc) is 3.40. The Hall–Kier alpha value is -3.47. The van der Waals surface area contributed by atoms with Crippen LogP contribution in [0.15, 0.2) is 77.3 Å². The summed E-state index contributed by atoms with van der Waals surface area (Å²) in [5, 5.41) is 9.50. The van der Waals surface area contributed by atoms with Gasteiger partial charge in [-0.05, 0) is 67.1 Å². The molecule has 0 saturated heterocycles. The molecule has 228 valence electrons. The van der Waals surface area contributed by atoms with Crippen LogP contribution in [0.2, 0.25) is 0 Å². The summed E-state index contributed by atoms with van der Waals surface area (Å²) in [6, 6.07) is 16.0. The molecule has 4 aromatic rings. The molecular formula is C28H28F3N3O6PS2+. The fourth-order valence-electron chi connectivity index (χ4n) is 4.08. The molecule has 9 nitrogen and oxygen atoms in total. The standard InChI is InChI=1S/C28H27F3N3O6PS2/c29-28(30,31)25-17-24(11-9-22(25)19-32)40-41(35,36)20-33-43(37,38)27-16-21-8-10-23(18-26(21)42-27)39-15-7-2-1-4-12-34-13-5-3-6-14-34/h3,5-6,8-11,13-14,16-18,33H,1-2,4,7,12,15,20H2/p+1. The number of sulfonamides is 1. The number of hydrogen-bond acceptors (Lipinski definition) is 7. The smallest absolute Gasteiger partial charge is 0.417 e. The molecule has 0 radical (unpaired) electrons. The van der Waals surface area contributed by atoms with Gasteiger partial charge in [0.25, 0.3) is 10.0 Å². The van der Waals surface area contributed by atoms with Crippen molar-refractivity contribution in [1.29, 1.82) is 5.26 Å². The van der Waals surface area contributed by atoms with E-state index in [4.69, 9.17) is 14.5 Å². The van der Waals surface area contributed by atoms with Crippen molar-refractivity contribution in [1.82, 2.24) is 4.72 Å². The van der Waals surface area contributed by atoms with E-state index in [1.54, 1.807) is 18.2 Å². The van der Waals surface area contributed by atoms with Gasteiger partial charge in [-0.15, -0.1) is 11.3 Å². The molecule has 15 heteroatoms. The molecule has 0 saturated carbocycles. The van der Waals surface area contributed by atoms with E-state index >= 15 is 0 Å². The number of nitriles is 1. The Bertz CT molecular complexity index is 1760. The van der Waals surface area contributed by atoms with Gasteiger partial charge in [-0.3, -0.25) is 0 Å². The third kappa shape index (κ3) is 9.26. The van der Waals surface area contributed by atoms with Crippen molar-refractivity contribution in [3.63, 3.8) is 0 Å². The minimum Gasteiger partial charge on any atom is -0.494 e. The summed E-state index contributed by atoms with van der Waals surface area (Å²) in [6.45, 7) is 1.47. The molecule has 2 aromatic heterocycles. The first kappa shape index (κ1) is 32.4. The van der Waals surface area contributed by atoms with Crippen LogP contribution >= 0.6 is 18.9 Å². The molecule has 2 aromatic carbocycles. The first-order valence-electron chi connectivity index (χ1n) is 13.1. The number of unbranched alkanes of at least 4 members (excludes halogenated alkanes) is 3. The number of ether oxygens (including phenoxy) is 1. The number of alkyl halides is 3. The first-order valence-corrected chi connectivity index (χ1v) is 17.2. The van der Waals surface area contributed by atoms with Gasteiger partial charge in [0.2, 0.25) is 0 Å². The summed E-state index contributed by atoms with van der Waals surface area (Å²) in [5.74, 6) is -0.0584. The molecule has 0 aliphatic rings. The SMILES string of the molecule is N#Cc1ccc(OP(=O)(O)CNS(=O)(=O)c2cc3ccc(OCCCCCC[n+]4ccccc4)cc3s2)cc1C(F)(F)F. The van der Waals surface area contributed by atoms with Crippen molar-refractivity contribution >= 4 is 39.0 Å². The van der Waals surface area contributed by atoms with Crippen LogP contribution in [0.25, 0.3) is 10.1 Å². The van der Waals surface area contributed by atoms with Gasteiger partial charge in [-0.1, -0.05) is 6.07 Å². The second-order valence-corrected chi connectivity index (χ2v) is 14.3. The highest BCUT2D eigenvalue weighted by Crippen LogP contribution is 2.44. The Morgan fingerprint density at radius 2 is 1.72 bits per heavy atom. The van der Waals surface area contributed by atoms with Gasteiger partial charge >= 0.3 is 13.8 Å². The van der Waals surface area contributed by atoms with Crippen LogP contribution in [0.3, 0.4) is 0 Å². The van der Waals surface area contributed by atoms with Crippen LogP contribution < -0.4 is 18.5 Å². The number of fused-ring (bicyclic) bond motifs is 1. The van der Waals surface area contributed by atoms with E-state index in [0.717, 1.165) is 55.7 Å². The van der Waals surface area contributed by atoms with Gasteiger partial charge < -0.3 is 14.2 Å². The van der Waals surface area contributed by atoms with Crippen molar-refractivity contribution in [3.8, 4) is 17.6 Å². The number of benzene rings is 2. The molecule has 0 aliphatic carbocycles. The zero-order chi connectivity index (χ0) is 31.1. The molecule has 2 heterocycles. The monoisotopic (exact) mass is 654 g/mol. The highest BCUT2D eigenvalue weighted by molar-refractivity contribution is 7.92. The number of nitrogens with one attached hydrogen (secondary N) is 1. The van der Waals surface area contributed by atoms with E-state index < -0.39 is 47.0 Å². The lowest BCUT2D eigenvalue weighted by Gasteiger charge is -2.16. The van der Waals surface area contributed by atoms with E-state index in [2.05, 4.69) is 4.57 Å². The van der Waals surface area contributed by atoms with Crippen molar-refractivity contribution in [2.24, 2.45) is 0 Å². The summed E-state index contributed by atoms with van der Waals surface area (Å²) in [7, 11) is -9.03. The maximum Gasteiger partial charge on any atom is 0.417 e. The van der Waals surface area contributed by atoms with E-state index in [1.807, 2.05) is 35.3 Å². The Balaban J connectivity index is 1.29. The fraction of sp³-hybridized carbons (Fsp3) is 0.286. The van der Waals surface area contributed by atoms with E-state index in [-0.39, 0.29) is 4.21 Å². The number of pyridine rings is 1. The summed E-state index contributed by atoms with van der Waals surface area (Å²) in [6.07, 6.45) is 2.08. The van der Waals surface area contributed by atoms with Crippen molar-refractivity contribution in [2.75, 3.05) is 12.9 Å². The summed E-state index contributed by atoms with van der Waals surface area (Å²) >= 11 is 0.929. The largest absolute Gasteiger partial charge is 0.494 e. The average molecular weight is 655 g/mol. The lowest BCUT2D eigenvalue weighted by Crippen LogP contribution is -2.32. The lowest BCUT2D eigenvalue weighted by molar-refractivity contribution is -0.697. The number of rotatable bonds is 14. The summed E-state index contributed by atoms with van der Waals surface area (Å²) in [4.78, 5) is 10.1. The number of halogens is 3.